The van der Waals surface area contributed by atoms with Crippen LogP contribution in [0.15, 0.2) is 24.3 Å². The zero-order chi connectivity index (χ0) is 27.2. The fraction of sp³-hybridized carbons (Fsp3) is 0.350. The van der Waals surface area contributed by atoms with E-state index in [1.165, 1.54) is 4.90 Å². The van der Waals surface area contributed by atoms with Crippen molar-refractivity contribution in [3.63, 3.8) is 0 Å². The zero-order valence-corrected chi connectivity index (χ0v) is 18.2. The Bertz CT molecular complexity index is 1150. The third-order valence-corrected chi connectivity index (χ3v) is 4.74. The van der Waals surface area contributed by atoms with Crippen LogP contribution in [0.5, 0.6) is 0 Å². The number of alkyl halides is 3. The van der Waals surface area contributed by atoms with Crippen molar-refractivity contribution in [1.82, 2.24) is 19.7 Å². The van der Waals surface area contributed by atoms with Crippen LogP contribution in [0.1, 0.15) is 23.6 Å². The van der Waals surface area contributed by atoms with E-state index in [0.717, 1.165) is 4.57 Å². The highest BCUT2D eigenvalue weighted by Crippen LogP contribution is 2.29. The first kappa shape index (κ1) is 28.3. The number of rotatable bonds is 6. The lowest BCUT2D eigenvalue weighted by Gasteiger charge is -2.29. The number of aromatic nitrogens is 3. The molecule has 0 radical (unpaired) electrons. The van der Waals surface area contributed by atoms with Crippen molar-refractivity contribution >= 4 is 17.8 Å². The number of hydrogen-bond acceptors (Lipinski definition) is 6. The van der Waals surface area contributed by atoms with Crippen molar-refractivity contribution in [2.45, 2.75) is 38.1 Å². The maximum Gasteiger partial charge on any atom is 0.451 e. The van der Waals surface area contributed by atoms with Crippen LogP contribution in [-0.4, -0.2) is 60.3 Å². The Hall–Kier alpha value is -3.95. The van der Waals surface area contributed by atoms with Gasteiger partial charge in [0, 0.05) is 43.8 Å². The topological polar surface area (TPSA) is 152 Å². The lowest BCUT2D eigenvalue weighted by atomic mass is 10.0. The van der Waals surface area contributed by atoms with Crippen molar-refractivity contribution in [1.29, 1.82) is 0 Å². The number of halogens is 6. The molecule has 1 amide bonds. The van der Waals surface area contributed by atoms with Crippen molar-refractivity contribution in [2.24, 2.45) is 5.73 Å². The third kappa shape index (κ3) is 7.79. The molecule has 36 heavy (non-hydrogen) atoms. The molecule has 1 aromatic heterocycles. The molecule has 16 heteroatoms. The number of amides is 1. The highest BCUT2D eigenvalue weighted by molar-refractivity contribution is 5.89. The summed E-state index contributed by atoms with van der Waals surface area (Å²) in [7, 11) is 0. The largest absolute Gasteiger partial charge is 0.478 e. The SMILES string of the molecule is N[C@@H](CC(=O)N1CCn2c(nnc2C(F)(F)F)C1)Cc1cc(F)c(F)cc1F.O=C(O)/C=C\C(=O)O. The number of carboxylic acids is 2. The van der Waals surface area contributed by atoms with Crippen LogP contribution in [0.3, 0.4) is 0 Å². The summed E-state index contributed by atoms with van der Waals surface area (Å²) < 4.78 is 79.3. The average Bonchev–Trinajstić information content (AvgIpc) is 3.20. The van der Waals surface area contributed by atoms with E-state index in [9.17, 15) is 40.7 Å². The van der Waals surface area contributed by atoms with Crippen molar-refractivity contribution in [2.75, 3.05) is 6.54 Å². The standard InChI is InChI=1S/C16H15F6N5O.C4H4O4/c17-10-6-12(19)11(18)4-8(10)3-9(23)5-14(28)26-1-2-27-13(7-26)24-25-15(27)16(20,21)22;5-3(6)1-2-4(7)8/h4,6,9H,1-3,5,7,23H2;1-2H,(H,5,6)(H,7,8)/b;2-1-/t9-;/m1./s1. The van der Waals surface area contributed by atoms with E-state index in [-0.39, 0.29) is 43.9 Å². The molecule has 1 atom stereocenters. The predicted octanol–water partition coefficient (Wildman–Crippen LogP) is 1.73. The maximum absolute atomic E-state index is 13.7. The van der Waals surface area contributed by atoms with Gasteiger partial charge in [0.05, 0.1) is 6.54 Å². The summed E-state index contributed by atoms with van der Waals surface area (Å²) in [5.41, 5.74) is 5.64. The van der Waals surface area contributed by atoms with Gasteiger partial charge in [-0.2, -0.15) is 13.2 Å². The number of fused-ring (bicyclic) bond motifs is 1. The summed E-state index contributed by atoms with van der Waals surface area (Å²) in [6.07, 6.45) is -3.99. The summed E-state index contributed by atoms with van der Waals surface area (Å²) in [5.74, 6) is -7.66. The normalized spacial score (nSPS) is 14.1. The minimum atomic E-state index is -4.64. The van der Waals surface area contributed by atoms with Crippen LogP contribution < -0.4 is 5.73 Å². The maximum atomic E-state index is 13.7. The van der Waals surface area contributed by atoms with Crippen LogP contribution in [0, 0.1) is 17.5 Å². The highest BCUT2D eigenvalue weighted by Gasteiger charge is 2.40. The molecule has 0 spiro atoms. The molecule has 2 aromatic rings. The van der Waals surface area contributed by atoms with Crippen molar-refractivity contribution in [3.8, 4) is 0 Å². The Labute approximate surface area is 198 Å². The number of nitrogens with zero attached hydrogens (tertiary/aromatic N) is 4. The Balaban J connectivity index is 0.000000493. The number of aliphatic carboxylic acids is 2. The molecule has 0 saturated carbocycles. The summed E-state index contributed by atoms with van der Waals surface area (Å²) in [6.45, 7) is -0.302. The molecule has 0 unspecified atom stereocenters. The first-order valence-electron chi connectivity index (χ1n) is 9.99. The van der Waals surface area contributed by atoms with E-state index < -0.39 is 53.3 Å². The molecule has 1 aliphatic rings. The third-order valence-electron chi connectivity index (χ3n) is 4.74. The lowest BCUT2D eigenvalue weighted by Crippen LogP contribution is -2.42. The van der Waals surface area contributed by atoms with Gasteiger partial charge in [0.2, 0.25) is 11.7 Å². The highest BCUT2D eigenvalue weighted by atomic mass is 19.4. The van der Waals surface area contributed by atoms with Gasteiger partial charge >= 0.3 is 18.1 Å². The second-order valence-corrected chi connectivity index (χ2v) is 7.44. The fourth-order valence-corrected chi connectivity index (χ4v) is 3.15. The minimum Gasteiger partial charge on any atom is -0.478 e. The van der Waals surface area contributed by atoms with Crippen LogP contribution in [0.4, 0.5) is 26.3 Å². The minimum absolute atomic E-state index is 0.000783. The van der Waals surface area contributed by atoms with Gasteiger partial charge < -0.3 is 25.4 Å². The van der Waals surface area contributed by atoms with E-state index in [0.29, 0.717) is 24.3 Å². The quantitative estimate of drug-likeness (QED) is 0.294. The van der Waals surface area contributed by atoms with Crippen LogP contribution in [0.25, 0.3) is 0 Å². The first-order valence-corrected chi connectivity index (χ1v) is 9.99. The summed E-state index contributed by atoms with van der Waals surface area (Å²) in [4.78, 5) is 32.7. The average molecular weight is 523 g/mol. The molecule has 10 nitrogen and oxygen atoms in total. The predicted molar refractivity (Wildman–Crippen MR) is 107 cm³/mol. The van der Waals surface area contributed by atoms with E-state index >= 15 is 0 Å². The smallest absolute Gasteiger partial charge is 0.451 e. The zero-order valence-electron chi connectivity index (χ0n) is 18.2. The molecule has 0 bridgehead atoms. The van der Waals surface area contributed by atoms with Gasteiger partial charge in [0.1, 0.15) is 5.82 Å². The van der Waals surface area contributed by atoms with E-state index in [2.05, 4.69) is 10.2 Å². The Kier molecular flexibility index (Phi) is 9.16. The molecule has 2 heterocycles. The number of hydrogen-bond donors (Lipinski definition) is 3. The molecule has 1 aliphatic heterocycles. The number of carboxylic acid groups (broad SMARTS) is 2. The van der Waals surface area contributed by atoms with Crippen LogP contribution >= 0.6 is 0 Å². The van der Waals surface area contributed by atoms with Gasteiger partial charge in [0.15, 0.2) is 17.5 Å². The monoisotopic (exact) mass is 523 g/mol. The molecule has 0 saturated heterocycles. The van der Waals surface area contributed by atoms with Crippen molar-refractivity contribution in [3.05, 3.63) is 58.9 Å². The Morgan fingerprint density at radius 2 is 1.58 bits per heavy atom. The van der Waals surface area contributed by atoms with Gasteiger partial charge in [-0.15, -0.1) is 10.2 Å². The first-order chi connectivity index (χ1) is 16.7. The molecule has 0 fully saturated rings. The van der Waals surface area contributed by atoms with Crippen LogP contribution in [0.2, 0.25) is 0 Å². The molecule has 3 rings (SSSR count). The Morgan fingerprint density at radius 1 is 1.00 bits per heavy atom. The van der Waals surface area contributed by atoms with Gasteiger partial charge in [-0.25, -0.2) is 22.8 Å². The number of benzene rings is 1. The molecule has 1 aromatic carbocycles. The molecule has 196 valence electrons. The van der Waals surface area contributed by atoms with E-state index in [1.54, 1.807) is 0 Å². The second-order valence-electron chi connectivity index (χ2n) is 7.44. The lowest BCUT2D eigenvalue weighted by molar-refractivity contribution is -0.148. The summed E-state index contributed by atoms with van der Waals surface area (Å²) in [5, 5.41) is 22.2. The summed E-state index contributed by atoms with van der Waals surface area (Å²) in [6, 6.07) is 0.184. The number of carbonyl (C=O) groups excluding carboxylic acids is 1. The molecule has 0 aliphatic carbocycles. The van der Waals surface area contributed by atoms with Gasteiger partial charge in [-0.1, -0.05) is 0 Å². The van der Waals surface area contributed by atoms with Crippen molar-refractivity contribution < 1.29 is 50.9 Å². The fourth-order valence-electron chi connectivity index (χ4n) is 3.15. The summed E-state index contributed by atoms with van der Waals surface area (Å²) >= 11 is 0. The van der Waals surface area contributed by atoms with Gasteiger partial charge in [-0.3, -0.25) is 4.79 Å². The Morgan fingerprint density at radius 3 is 2.14 bits per heavy atom. The molecule has 4 N–H and O–H groups in total. The number of carbonyl (C=O) groups is 3. The van der Waals surface area contributed by atoms with E-state index in [1.807, 2.05) is 0 Å². The molecular weight excluding hydrogens is 504 g/mol. The van der Waals surface area contributed by atoms with Gasteiger partial charge in [-0.05, 0) is 18.1 Å². The van der Waals surface area contributed by atoms with Gasteiger partial charge in [0.25, 0.3) is 0 Å². The van der Waals surface area contributed by atoms with Crippen LogP contribution in [-0.2, 0) is 40.1 Å². The molecular formula is C20H19F6N5O5. The number of nitrogens with two attached hydrogens (primary N) is 1. The second kappa shape index (κ2) is 11.7. The van der Waals surface area contributed by atoms with E-state index in [4.69, 9.17) is 15.9 Å².